The Hall–Kier alpha value is -2.55. The molecule has 0 fully saturated rings. The van der Waals surface area contributed by atoms with Crippen LogP contribution in [0.25, 0.3) is 0 Å². The maximum atomic E-state index is 12.9. The van der Waals surface area contributed by atoms with Gasteiger partial charge >= 0.3 is 5.97 Å². The molecule has 0 bridgehead atoms. The molecular formula is C21H31N3O5S. The Morgan fingerprint density at radius 1 is 1.07 bits per heavy atom. The first kappa shape index (κ1) is 25.5. The largest absolute Gasteiger partial charge is 0.480 e. The molecule has 1 aromatic rings. The average molecular weight is 438 g/mol. The molecule has 0 aromatic heterocycles. The van der Waals surface area contributed by atoms with E-state index >= 15 is 0 Å². The lowest BCUT2D eigenvalue weighted by Crippen LogP contribution is -2.59. The van der Waals surface area contributed by atoms with Gasteiger partial charge in [0.25, 0.3) is 0 Å². The van der Waals surface area contributed by atoms with Gasteiger partial charge in [-0.2, -0.15) is 11.8 Å². The van der Waals surface area contributed by atoms with E-state index in [-0.39, 0.29) is 6.42 Å². The molecule has 1 aromatic carbocycles. The summed E-state index contributed by atoms with van der Waals surface area (Å²) in [6, 6.07) is 6.09. The quantitative estimate of drug-likeness (QED) is 0.364. The molecular weight excluding hydrogens is 406 g/mol. The van der Waals surface area contributed by atoms with Gasteiger partial charge in [-0.1, -0.05) is 51.1 Å². The summed E-state index contributed by atoms with van der Waals surface area (Å²) in [5.41, 5.74) is 0.0923. The number of carboxylic acid groups (broad SMARTS) is 1. The van der Waals surface area contributed by atoms with Crippen molar-refractivity contribution in [3.63, 3.8) is 0 Å². The van der Waals surface area contributed by atoms with Crippen LogP contribution in [-0.2, 0) is 25.6 Å². The van der Waals surface area contributed by atoms with E-state index in [2.05, 4.69) is 16.0 Å². The van der Waals surface area contributed by atoms with Crippen LogP contribution in [-0.4, -0.2) is 59.4 Å². The molecule has 0 spiro atoms. The summed E-state index contributed by atoms with van der Waals surface area (Å²) < 4.78 is 0. The van der Waals surface area contributed by atoms with Gasteiger partial charge in [0.1, 0.15) is 18.1 Å². The molecule has 4 N–H and O–H groups in total. The number of benzene rings is 1. The molecule has 0 aliphatic rings. The lowest BCUT2D eigenvalue weighted by atomic mass is 9.85. The second-order valence-electron chi connectivity index (χ2n) is 8.02. The number of thioether (sulfide) groups is 1. The summed E-state index contributed by atoms with van der Waals surface area (Å²) in [6.07, 6.45) is 2.88. The molecule has 0 unspecified atom stereocenters. The third kappa shape index (κ3) is 8.44. The van der Waals surface area contributed by atoms with Crippen molar-refractivity contribution in [3.05, 3.63) is 35.9 Å². The van der Waals surface area contributed by atoms with Gasteiger partial charge < -0.3 is 21.1 Å². The lowest BCUT2D eigenvalue weighted by molar-refractivity contribution is -0.143. The van der Waals surface area contributed by atoms with Crippen LogP contribution in [0.1, 0.15) is 32.8 Å². The molecule has 30 heavy (non-hydrogen) atoms. The second kappa shape index (κ2) is 12.2. The molecule has 0 saturated heterocycles. The van der Waals surface area contributed by atoms with Crippen molar-refractivity contribution in [2.24, 2.45) is 5.41 Å². The number of carbonyl (C=O) groups is 4. The minimum Gasteiger partial charge on any atom is -0.480 e. The third-order valence-electron chi connectivity index (χ3n) is 4.51. The molecule has 0 heterocycles. The number of hydrogen-bond donors (Lipinski definition) is 4. The van der Waals surface area contributed by atoms with Gasteiger partial charge in [0, 0.05) is 6.42 Å². The van der Waals surface area contributed by atoms with Crippen molar-refractivity contribution in [3.8, 4) is 0 Å². The maximum Gasteiger partial charge on any atom is 0.326 e. The Balaban J connectivity index is 2.95. The maximum absolute atomic E-state index is 12.9. The van der Waals surface area contributed by atoms with Crippen LogP contribution in [0.3, 0.4) is 0 Å². The highest BCUT2D eigenvalue weighted by Gasteiger charge is 2.36. The summed E-state index contributed by atoms with van der Waals surface area (Å²) in [6.45, 7) is 5.32. The number of rotatable bonds is 12. The molecule has 1 rings (SSSR count). The van der Waals surface area contributed by atoms with E-state index in [1.807, 2.05) is 12.3 Å². The molecule has 9 heteroatoms. The highest BCUT2D eigenvalue weighted by atomic mass is 32.2. The number of amides is 3. The topological polar surface area (TPSA) is 125 Å². The SMILES string of the molecule is CSCC[C@H](NC=O)C(=O)N[C@H](C(=O)N[C@@H](Cc1ccccc1)C(=O)O)C(C)(C)C. The smallest absolute Gasteiger partial charge is 0.326 e. The van der Waals surface area contributed by atoms with Crippen LogP contribution in [0.4, 0.5) is 0 Å². The van der Waals surface area contributed by atoms with Gasteiger partial charge in [0.2, 0.25) is 18.2 Å². The number of hydrogen-bond acceptors (Lipinski definition) is 5. The molecule has 0 aliphatic carbocycles. The van der Waals surface area contributed by atoms with Crippen LogP contribution in [0.15, 0.2) is 30.3 Å². The first-order valence-electron chi connectivity index (χ1n) is 9.66. The summed E-state index contributed by atoms with van der Waals surface area (Å²) in [4.78, 5) is 48.2. The van der Waals surface area contributed by atoms with E-state index in [1.165, 1.54) is 11.8 Å². The lowest BCUT2D eigenvalue weighted by Gasteiger charge is -2.32. The van der Waals surface area contributed by atoms with E-state index in [0.717, 1.165) is 5.56 Å². The van der Waals surface area contributed by atoms with Crippen LogP contribution in [0.5, 0.6) is 0 Å². The van der Waals surface area contributed by atoms with E-state index in [1.54, 1.807) is 45.0 Å². The Kier molecular flexibility index (Phi) is 10.4. The van der Waals surface area contributed by atoms with E-state index < -0.39 is 41.3 Å². The van der Waals surface area contributed by atoms with Crippen LogP contribution in [0, 0.1) is 5.41 Å². The normalized spacial score (nSPS) is 14.1. The monoisotopic (exact) mass is 437 g/mol. The van der Waals surface area contributed by atoms with Gasteiger partial charge in [-0.05, 0) is 29.4 Å². The predicted octanol–water partition coefficient (Wildman–Crippen LogP) is 1.20. The van der Waals surface area contributed by atoms with Crippen molar-refractivity contribution in [1.82, 2.24) is 16.0 Å². The van der Waals surface area contributed by atoms with Crippen molar-refractivity contribution < 1.29 is 24.3 Å². The van der Waals surface area contributed by atoms with Crippen molar-refractivity contribution >= 4 is 36.0 Å². The van der Waals surface area contributed by atoms with Crippen LogP contribution in [0.2, 0.25) is 0 Å². The summed E-state index contributed by atoms with van der Waals surface area (Å²) in [5, 5.41) is 17.3. The number of nitrogens with one attached hydrogen (secondary N) is 3. The van der Waals surface area contributed by atoms with Gasteiger partial charge in [-0.15, -0.1) is 0 Å². The highest BCUT2D eigenvalue weighted by Crippen LogP contribution is 2.20. The Labute approximate surface area is 181 Å². The van der Waals surface area contributed by atoms with E-state index in [0.29, 0.717) is 18.6 Å². The average Bonchev–Trinajstić information content (AvgIpc) is 2.68. The molecule has 166 valence electrons. The molecule has 0 saturated carbocycles. The Bertz CT molecular complexity index is 721. The zero-order valence-electron chi connectivity index (χ0n) is 17.8. The Morgan fingerprint density at radius 3 is 2.20 bits per heavy atom. The van der Waals surface area contributed by atoms with Gasteiger partial charge in [-0.25, -0.2) is 4.79 Å². The fourth-order valence-corrected chi connectivity index (χ4v) is 3.30. The zero-order chi connectivity index (χ0) is 22.7. The fraction of sp³-hybridized carbons (Fsp3) is 0.524. The second-order valence-corrected chi connectivity index (χ2v) is 9.00. The highest BCUT2D eigenvalue weighted by molar-refractivity contribution is 7.98. The minimum atomic E-state index is -1.16. The zero-order valence-corrected chi connectivity index (χ0v) is 18.6. The van der Waals surface area contributed by atoms with Crippen molar-refractivity contribution in [2.45, 2.75) is 51.7 Å². The third-order valence-corrected chi connectivity index (χ3v) is 5.15. The number of aliphatic carboxylic acids is 1. The minimum absolute atomic E-state index is 0.121. The van der Waals surface area contributed by atoms with E-state index in [4.69, 9.17) is 0 Å². The van der Waals surface area contributed by atoms with E-state index in [9.17, 15) is 24.3 Å². The molecule has 8 nitrogen and oxygen atoms in total. The van der Waals surface area contributed by atoms with Crippen molar-refractivity contribution in [1.29, 1.82) is 0 Å². The van der Waals surface area contributed by atoms with Crippen LogP contribution >= 0.6 is 11.8 Å². The number of carbonyl (C=O) groups excluding carboxylic acids is 3. The summed E-state index contributed by atoms with van der Waals surface area (Å²) in [7, 11) is 0. The predicted molar refractivity (Wildman–Crippen MR) is 117 cm³/mol. The summed E-state index contributed by atoms with van der Waals surface area (Å²) in [5.74, 6) is -1.58. The van der Waals surface area contributed by atoms with Gasteiger partial charge in [0.15, 0.2) is 0 Å². The van der Waals surface area contributed by atoms with Gasteiger partial charge in [0.05, 0.1) is 0 Å². The fourth-order valence-electron chi connectivity index (χ4n) is 2.83. The van der Waals surface area contributed by atoms with Gasteiger partial charge in [-0.3, -0.25) is 14.4 Å². The summed E-state index contributed by atoms with van der Waals surface area (Å²) >= 11 is 1.54. The molecule has 3 atom stereocenters. The standard InChI is InChI=1S/C21H31N3O5S/c1-21(2,3)17(24-18(26)15(22-13-25)10-11-30-4)19(27)23-16(20(28)29)12-14-8-6-5-7-9-14/h5-9,13,15-17H,10-12H2,1-4H3,(H,22,25)(H,23,27)(H,24,26)(H,28,29)/t15-,16-,17+/m0/s1. The van der Waals surface area contributed by atoms with Crippen molar-refractivity contribution in [2.75, 3.05) is 12.0 Å². The molecule has 0 radical (unpaired) electrons. The first-order chi connectivity index (χ1) is 14.1. The number of carboxylic acids is 1. The molecule has 0 aliphatic heterocycles. The Morgan fingerprint density at radius 2 is 1.70 bits per heavy atom. The van der Waals surface area contributed by atoms with Crippen LogP contribution < -0.4 is 16.0 Å². The first-order valence-corrected chi connectivity index (χ1v) is 11.1. The molecule has 3 amide bonds.